The highest BCUT2D eigenvalue weighted by Crippen LogP contribution is 2.30. The number of amides is 2. The first-order chi connectivity index (χ1) is 18.0. The van der Waals surface area contributed by atoms with Gasteiger partial charge in [-0.1, -0.05) is 47.5 Å². The molecule has 38 heavy (non-hydrogen) atoms. The number of nitrogens with one attached hydrogen (secondary N) is 2. The predicted octanol–water partition coefficient (Wildman–Crippen LogP) is 2.55. The van der Waals surface area contributed by atoms with Crippen molar-refractivity contribution in [3.05, 3.63) is 94.0 Å². The molecule has 3 aromatic carbocycles. The fourth-order valence-electron chi connectivity index (χ4n) is 3.54. The number of carbonyl (C=O) groups excluding carboxylic acids is 2. The Balaban J connectivity index is 1.73. The molecule has 0 aromatic heterocycles. The summed E-state index contributed by atoms with van der Waals surface area (Å²) in [7, 11) is -4.08. The third-order valence-electron chi connectivity index (χ3n) is 5.82. The van der Waals surface area contributed by atoms with E-state index in [1.165, 1.54) is 12.1 Å². The normalized spacial score (nSPS) is 12.0. The average molecular weight is 560 g/mol. The van der Waals surface area contributed by atoms with Gasteiger partial charge in [0.1, 0.15) is 6.54 Å². The summed E-state index contributed by atoms with van der Waals surface area (Å²) >= 11 is 6.26. The SMILES string of the molecule is Cc1ccc(S(=O)(=O)N(CC(=O)NCc2ccc(C(=O)NCC(O)CO)cc2)c2cccc(Cl)c2C)cc1. The van der Waals surface area contributed by atoms with Gasteiger partial charge in [-0.25, -0.2) is 8.42 Å². The van der Waals surface area contributed by atoms with Gasteiger partial charge in [-0.05, 0) is 61.4 Å². The summed E-state index contributed by atoms with van der Waals surface area (Å²) in [5, 5.41) is 23.8. The van der Waals surface area contributed by atoms with E-state index in [-0.39, 0.29) is 18.0 Å². The minimum Gasteiger partial charge on any atom is -0.394 e. The number of nitrogens with zero attached hydrogens (tertiary/aromatic N) is 1. The van der Waals surface area contributed by atoms with E-state index >= 15 is 0 Å². The molecule has 0 aliphatic rings. The van der Waals surface area contributed by atoms with Gasteiger partial charge in [0.05, 0.1) is 23.3 Å². The van der Waals surface area contributed by atoms with Crippen molar-refractivity contribution in [3.8, 4) is 0 Å². The van der Waals surface area contributed by atoms with E-state index in [0.29, 0.717) is 27.4 Å². The molecule has 0 saturated carbocycles. The van der Waals surface area contributed by atoms with Crippen LogP contribution in [0.4, 0.5) is 5.69 Å². The monoisotopic (exact) mass is 559 g/mol. The van der Waals surface area contributed by atoms with Crippen LogP contribution in [0.25, 0.3) is 0 Å². The van der Waals surface area contributed by atoms with Gasteiger partial charge in [-0.2, -0.15) is 0 Å². The van der Waals surface area contributed by atoms with Gasteiger partial charge >= 0.3 is 0 Å². The van der Waals surface area contributed by atoms with Gasteiger partial charge in [0.2, 0.25) is 5.91 Å². The number of aryl methyl sites for hydroxylation is 1. The molecule has 0 heterocycles. The molecule has 202 valence electrons. The molecule has 0 aliphatic carbocycles. The first-order valence-corrected chi connectivity index (χ1v) is 13.6. The molecule has 4 N–H and O–H groups in total. The van der Waals surface area contributed by atoms with Crippen LogP contribution in [-0.4, -0.2) is 56.2 Å². The third kappa shape index (κ3) is 7.32. The average Bonchev–Trinajstić information content (AvgIpc) is 2.91. The van der Waals surface area contributed by atoms with Crippen LogP contribution in [0.15, 0.2) is 71.6 Å². The molecular weight excluding hydrogens is 530 g/mol. The van der Waals surface area contributed by atoms with Crippen LogP contribution < -0.4 is 14.9 Å². The van der Waals surface area contributed by atoms with Gasteiger partial charge < -0.3 is 20.8 Å². The van der Waals surface area contributed by atoms with Crippen LogP contribution in [0.3, 0.4) is 0 Å². The van der Waals surface area contributed by atoms with Gasteiger partial charge in [-0.3, -0.25) is 13.9 Å². The van der Waals surface area contributed by atoms with Gasteiger partial charge in [0.15, 0.2) is 0 Å². The zero-order chi connectivity index (χ0) is 27.9. The van der Waals surface area contributed by atoms with Crippen molar-refractivity contribution in [2.24, 2.45) is 0 Å². The second-order valence-electron chi connectivity index (χ2n) is 8.73. The lowest BCUT2D eigenvalue weighted by atomic mass is 10.1. The zero-order valence-electron chi connectivity index (χ0n) is 21.0. The molecule has 1 atom stereocenters. The quantitative estimate of drug-likeness (QED) is 0.285. The first kappa shape index (κ1) is 29.1. The Morgan fingerprint density at radius 1 is 0.974 bits per heavy atom. The van der Waals surface area contributed by atoms with Crippen molar-refractivity contribution in [1.82, 2.24) is 10.6 Å². The Morgan fingerprint density at radius 2 is 1.63 bits per heavy atom. The van der Waals surface area contributed by atoms with E-state index < -0.39 is 41.1 Å². The van der Waals surface area contributed by atoms with Crippen molar-refractivity contribution in [3.63, 3.8) is 0 Å². The maximum absolute atomic E-state index is 13.6. The molecule has 11 heteroatoms. The molecule has 3 aromatic rings. The largest absolute Gasteiger partial charge is 0.394 e. The van der Waals surface area contributed by atoms with Crippen LogP contribution in [0.5, 0.6) is 0 Å². The highest BCUT2D eigenvalue weighted by atomic mass is 35.5. The number of halogens is 1. The lowest BCUT2D eigenvalue weighted by molar-refractivity contribution is -0.119. The number of hydrogen-bond acceptors (Lipinski definition) is 6. The van der Waals surface area contributed by atoms with E-state index in [1.807, 2.05) is 6.92 Å². The maximum Gasteiger partial charge on any atom is 0.264 e. The molecule has 9 nitrogen and oxygen atoms in total. The molecule has 0 bridgehead atoms. The number of aliphatic hydroxyl groups is 2. The minimum atomic E-state index is -4.08. The smallest absolute Gasteiger partial charge is 0.264 e. The summed E-state index contributed by atoms with van der Waals surface area (Å²) in [5.41, 5.74) is 2.76. The maximum atomic E-state index is 13.6. The number of sulfonamides is 1. The molecule has 3 rings (SSSR count). The van der Waals surface area contributed by atoms with E-state index in [2.05, 4.69) is 10.6 Å². The lowest BCUT2D eigenvalue weighted by Gasteiger charge is -2.26. The molecular formula is C27H30ClN3O6S. The van der Waals surface area contributed by atoms with Crippen molar-refractivity contribution < 1.29 is 28.2 Å². The summed E-state index contributed by atoms with van der Waals surface area (Å²) in [6.45, 7) is 2.64. The van der Waals surface area contributed by atoms with Crippen LogP contribution in [0, 0.1) is 13.8 Å². The van der Waals surface area contributed by atoms with Crippen LogP contribution in [0.1, 0.15) is 27.0 Å². The molecule has 1 unspecified atom stereocenters. The molecule has 2 amide bonds. The lowest BCUT2D eigenvalue weighted by Crippen LogP contribution is -2.41. The van der Waals surface area contributed by atoms with Crippen molar-refractivity contribution in [1.29, 1.82) is 0 Å². The van der Waals surface area contributed by atoms with E-state index in [4.69, 9.17) is 16.7 Å². The Bertz CT molecular complexity index is 1380. The summed E-state index contributed by atoms with van der Waals surface area (Å²) in [5.74, 6) is -0.943. The molecule has 0 saturated heterocycles. The fraction of sp³-hybridized carbons (Fsp3) is 0.259. The molecule has 0 fully saturated rings. The van der Waals surface area contributed by atoms with E-state index in [1.54, 1.807) is 61.5 Å². The predicted molar refractivity (Wildman–Crippen MR) is 146 cm³/mol. The highest BCUT2D eigenvalue weighted by Gasteiger charge is 2.28. The number of carbonyl (C=O) groups is 2. The first-order valence-electron chi connectivity index (χ1n) is 11.8. The number of anilines is 1. The second-order valence-corrected chi connectivity index (χ2v) is 11.0. The Morgan fingerprint density at radius 3 is 2.26 bits per heavy atom. The van der Waals surface area contributed by atoms with Crippen LogP contribution in [-0.2, 0) is 21.4 Å². The summed E-state index contributed by atoms with van der Waals surface area (Å²) in [6.07, 6.45) is -1.04. The topological polar surface area (TPSA) is 136 Å². The molecule has 0 spiro atoms. The minimum absolute atomic E-state index is 0.0515. The number of hydrogen-bond donors (Lipinski definition) is 4. The Labute approximate surface area is 227 Å². The number of benzene rings is 3. The highest BCUT2D eigenvalue weighted by molar-refractivity contribution is 7.92. The van der Waals surface area contributed by atoms with Crippen molar-refractivity contribution in [2.75, 3.05) is 24.0 Å². The molecule has 0 aliphatic heterocycles. The van der Waals surface area contributed by atoms with Gasteiger partial charge in [0.25, 0.3) is 15.9 Å². The number of aliphatic hydroxyl groups excluding tert-OH is 2. The molecule has 0 radical (unpaired) electrons. The number of rotatable bonds is 11. The fourth-order valence-corrected chi connectivity index (χ4v) is 5.19. The standard InChI is InChI=1S/C27H30ClN3O6S/c1-18-6-12-23(13-7-18)38(36,37)31(25-5-3-4-24(28)19(25)2)16-26(34)29-14-20-8-10-21(11-9-20)27(35)30-15-22(33)17-32/h3-13,22,32-33H,14-17H2,1-2H3,(H,29,34)(H,30,35). The summed E-state index contributed by atoms with van der Waals surface area (Å²) < 4.78 is 28.2. The Hall–Kier alpha value is -3.44. The zero-order valence-corrected chi connectivity index (χ0v) is 22.6. The van der Waals surface area contributed by atoms with Gasteiger partial charge in [0, 0.05) is 23.7 Å². The van der Waals surface area contributed by atoms with Crippen molar-refractivity contribution in [2.45, 2.75) is 31.4 Å². The van der Waals surface area contributed by atoms with Crippen molar-refractivity contribution >= 4 is 39.1 Å². The van der Waals surface area contributed by atoms with E-state index in [9.17, 15) is 23.1 Å². The van der Waals surface area contributed by atoms with E-state index in [0.717, 1.165) is 9.87 Å². The Kier molecular flexibility index (Phi) is 9.87. The third-order valence-corrected chi connectivity index (χ3v) is 8.00. The summed E-state index contributed by atoms with van der Waals surface area (Å²) in [4.78, 5) is 25.1. The van der Waals surface area contributed by atoms with Crippen LogP contribution in [0.2, 0.25) is 5.02 Å². The summed E-state index contributed by atoms with van der Waals surface area (Å²) in [6, 6.07) is 17.7. The second kappa shape index (κ2) is 12.9. The van der Waals surface area contributed by atoms with Gasteiger partial charge in [-0.15, -0.1) is 0 Å². The van der Waals surface area contributed by atoms with Crippen LogP contribution >= 0.6 is 11.6 Å².